The molecule has 3 aromatic heterocycles. The third-order valence-corrected chi connectivity index (χ3v) is 7.34. The van der Waals surface area contributed by atoms with E-state index in [1.165, 1.54) is 23.0 Å². The van der Waals surface area contributed by atoms with Crippen LogP contribution in [0.2, 0.25) is 0 Å². The average Bonchev–Trinajstić information content (AvgIpc) is 2.90. The van der Waals surface area contributed by atoms with Gasteiger partial charge in [-0.3, -0.25) is 14.3 Å². The van der Waals surface area contributed by atoms with Gasteiger partial charge in [-0.2, -0.15) is 0 Å². The minimum absolute atomic E-state index is 0.0131. The Balaban J connectivity index is 1.49. The monoisotopic (exact) mass is 522 g/mol. The molecule has 0 radical (unpaired) electrons. The van der Waals surface area contributed by atoms with E-state index in [0.717, 1.165) is 47.9 Å². The summed E-state index contributed by atoms with van der Waals surface area (Å²) in [7, 11) is 0. The Morgan fingerprint density at radius 1 is 1.03 bits per heavy atom. The molecule has 1 fully saturated rings. The van der Waals surface area contributed by atoms with Crippen LogP contribution in [0.1, 0.15) is 65.6 Å². The quantitative estimate of drug-likeness (QED) is 0.294. The fraction of sp³-hybridized carbons (Fsp3) is 0.379. The second kappa shape index (κ2) is 10.9. The number of ether oxygens (including phenoxy) is 1. The van der Waals surface area contributed by atoms with E-state index in [1.807, 2.05) is 38.1 Å². The van der Waals surface area contributed by atoms with Gasteiger partial charge in [-0.15, -0.1) is 0 Å². The van der Waals surface area contributed by atoms with Gasteiger partial charge in [0.2, 0.25) is 5.88 Å². The number of benzene rings is 1. The van der Waals surface area contributed by atoms with Crippen LogP contribution in [0.4, 0.5) is 13.2 Å². The van der Waals surface area contributed by atoms with E-state index >= 15 is 0 Å². The summed E-state index contributed by atoms with van der Waals surface area (Å²) in [5.41, 5.74) is 3.71. The SMILES string of the molecule is Cc1ccc2cc([C@H]3CC[C@H](c4c(C)cccc4F)CC3)c(=O)n(Cc3nccnc3OCC(F)F)c2n1. The molecule has 4 aromatic rings. The van der Waals surface area contributed by atoms with Crippen LogP contribution >= 0.6 is 0 Å². The highest BCUT2D eigenvalue weighted by Gasteiger charge is 2.29. The van der Waals surface area contributed by atoms with E-state index in [-0.39, 0.29) is 41.3 Å². The molecule has 0 unspecified atom stereocenters. The third kappa shape index (κ3) is 5.28. The summed E-state index contributed by atoms with van der Waals surface area (Å²) in [5.74, 6) is -0.0729. The number of aromatic nitrogens is 4. The second-order valence-electron chi connectivity index (χ2n) is 9.89. The summed E-state index contributed by atoms with van der Waals surface area (Å²) >= 11 is 0. The molecule has 0 aliphatic heterocycles. The van der Waals surface area contributed by atoms with Crippen molar-refractivity contribution >= 4 is 11.0 Å². The van der Waals surface area contributed by atoms with Crippen LogP contribution in [0.15, 0.2) is 53.6 Å². The summed E-state index contributed by atoms with van der Waals surface area (Å²) in [5, 5.41) is 0.802. The van der Waals surface area contributed by atoms with Crippen LogP contribution < -0.4 is 10.3 Å². The fourth-order valence-corrected chi connectivity index (χ4v) is 5.53. The van der Waals surface area contributed by atoms with Crippen LogP contribution in [0.5, 0.6) is 5.88 Å². The molecule has 1 aliphatic rings. The lowest BCUT2D eigenvalue weighted by molar-refractivity contribution is 0.0787. The summed E-state index contributed by atoms with van der Waals surface area (Å²) in [4.78, 5) is 26.8. The number of hydrogen-bond acceptors (Lipinski definition) is 5. The smallest absolute Gasteiger partial charge is 0.272 e. The van der Waals surface area contributed by atoms with Gasteiger partial charge < -0.3 is 4.74 Å². The Hall–Kier alpha value is -3.75. The van der Waals surface area contributed by atoms with Gasteiger partial charge in [0.1, 0.15) is 17.2 Å². The number of nitrogens with zero attached hydrogens (tertiary/aromatic N) is 4. The van der Waals surface area contributed by atoms with Crippen molar-refractivity contribution in [3.05, 3.63) is 93.0 Å². The molecule has 38 heavy (non-hydrogen) atoms. The molecular formula is C29H29F3N4O2. The molecule has 9 heteroatoms. The number of hydrogen-bond donors (Lipinski definition) is 0. The Labute approximate surface area is 218 Å². The van der Waals surface area contributed by atoms with Gasteiger partial charge in [-0.1, -0.05) is 12.1 Å². The van der Waals surface area contributed by atoms with Crippen molar-refractivity contribution < 1.29 is 17.9 Å². The van der Waals surface area contributed by atoms with E-state index in [2.05, 4.69) is 15.0 Å². The van der Waals surface area contributed by atoms with Gasteiger partial charge in [0, 0.05) is 29.0 Å². The van der Waals surface area contributed by atoms with Gasteiger partial charge in [0.25, 0.3) is 12.0 Å². The molecular weight excluding hydrogens is 493 g/mol. The van der Waals surface area contributed by atoms with Gasteiger partial charge in [-0.05, 0) is 86.8 Å². The Kier molecular flexibility index (Phi) is 7.44. The summed E-state index contributed by atoms with van der Waals surface area (Å²) in [6.07, 6.45) is 3.21. The first kappa shape index (κ1) is 25.9. The lowest BCUT2D eigenvalue weighted by Gasteiger charge is -2.30. The average molecular weight is 523 g/mol. The summed E-state index contributed by atoms with van der Waals surface area (Å²) < 4.78 is 46.9. The summed E-state index contributed by atoms with van der Waals surface area (Å²) in [6.45, 7) is 2.94. The molecule has 6 nitrogen and oxygen atoms in total. The fourth-order valence-electron chi connectivity index (χ4n) is 5.53. The van der Waals surface area contributed by atoms with Crippen molar-refractivity contribution in [1.29, 1.82) is 0 Å². The Morgan fingerprint density at radius 3 is 2.50 bits per heavy atom. The standard InChI is InChI=1S/C29H29F3N4O2/c1-17-4-3-5-23(30)26(17)20-10-8-19(9-11-20)22-14-21-7-6-18(2)35-27(21)36(29(22)37)15-24-28(34-13-12-33-24)38-16-25(31)32/h3-7,12-14,19-20,25H,8-11,15-16H2,1-2H3/t19-,20-. The van der Waals surface area contributed by atoms with E-state index < -0.39 is 13.0 Å². The molecule has 0 saturated heterocycles. The van der Waals surface area contributed by atoms with Crippen molar-refractivity contribution in [1.82, 2.24) is 19.5 Å². The lowest BCUT2D eigenvalue weighted by atomic mass is 9.75. The molecule has 1 aliphatic carbocycles. The highest BCUT2D eigenvalue weighted by atomic mass is 19.3. The number of halogens is 3. The highest BCUT2D eigenvalue weighted by molar-refractivity contribution is 5.76. The number of rotatable bonds is 7. The van der Waals surface area contributed by atoms with Crippen LogP contribution in [0, 0.1) is 19.7 Å². The molecule has 3 heterocycles. The van der Waals surface area contributed by atoms with E-state index in [0.29, 0.717) is 11.2 Å². The zero-order valence-corrected chi connectivity index (χ0v) is 21.3. The van der Waals surface area contributed by atoms with Gasteiger partial charge in [-0.25, -0.2) is 23.1 Å². The Morgan fingerprint density at radius 2 is 1.76 bits per heavy atom. The van der Waals surface area contributed by atoms with Crippen LogP contribution in [0.3, 0.4) is 0 Å². The van der Waals surface area contributed by atoms with Crippen molar-refractivity contribution in [2.24, 2.45) is 0 Å². The van der Waals surface area contributed by atoms with Gasteiger partial charge in [0.15, 0.2) is 6.61 Å². The maximum atomic E-state index is 14.6. The first-order chi connectivity index (χ1) is 18.3. The molecule has 0 amide bonds. The number of fused-ring (bicyclic) bond motifs is 1. The molecule has 0 atom stereocenters. The molecule has 1 saturated carbocycles. The topological polar surface area (TPSA) is 69.9 Å². The van der Waals surface area contributed by atoms with E-state index in [9.17, 15) is 18.0 Å². The van der Waals surface area contributed by atoms with Crippen molar-refractivity contribution in [2.45, 2.75) is 64.3 Å². The van der Waals surface area contributed by atoms with E-state index in [1.54, 1.807) is 6.07 Å². The Bertz CT molecular complexity index is 1490. The summed E-state index contributed by atoms with van der Waals surface area (Å²) in [6, 6.07) is 10.9. The first-order valence-corrected chi connectivity index (χ1v) is 12.8. The molecule has 5 rings (SSSR count). The second-order valence-corrected chi connectivity index (χ2v) is 9.89. The number of alkyl halides is 2. The molecule has 0 spiro atoms. The first-order valence-electron chi connectivity index (χ1n) is 12.8. The largest absolute Gasteiger partial charge is 0.470 e. The minimum atomic E-state index is -2.66. The van der Waals surface area contributed by atoms with Crippen molar-refractivity contribution in [3.8, 4) is 5.88 Å². The predicted molar refractivity (Wildman–Crippen MR) is 138 cm³/mol. The predicted octanol–water partition coefficient (Wildman–Crippen LogP) is 6.08. The lowest BCUT2D eigenvalue weighted by Crippen LogP contribution is -2.29. The molecule has 0 N–H and O–H groups in total. The van der Waals surface area contributed by atoms with Gasteiger partial charge >= 0.3 is 0 Å². The van der Waals surface area contributed by atoms with Crippen molar-refractivity contribution in [3.63, 3.8) is 0 Å². The highest BCUT2D eigenvalue weighted by Crippen LogP contribution is 2.41. The minimum Gasteiger partial charge on any atom is -0.470 e. The molecule has 198 valence electrons. The van der Waals surface area contributed by atoms with Gasteiger partial charge in [0.05, 0.1) is 6.54 Å². The maximum Gasteiger partial charge on any atom is 0.272 e. The molecule has 1 aromatic carbocycles. The van der Waals surface area contributed by atoms with Crippen molar-refractivity contribution in [2.75, 3.05) is 6.61 Å². The molecule has 0 bridgehead atoms. The number of pyridine rings is 2. The van der Waals surface area contributed by atoms with E-state index in [4.69, 9.17) is 4.74 Å². The maximum absolute atomic E-state index is 14.6. The zero-order chi connectivity index (χ0) is 26.8. The van der Waals surface area contributed by atoms with Crippen LogP contribution in [-0.4, -0.2) is 32.6 Å². The zero-order valence-electron chi connectivity index (χ0n) is 21.3. The van der Waals surface area contributed by atoms with Crippen LogP contribution in [-0.2, 0) is 6.54 Å². The normalized spacial score (nSPS) is 17.7. The third-order valence-electron chi connectivity index (χ3n) is 7.34. The van der Waals surface area contributed by atoms with Crippen LogP contribution in [0.25, 0.3) is 11.0 Å². The number of aryl methyl sites for hydroxylation is 2.